The molecule has 0 saturated carbocycles. The van der Waals surface area contributed by atoms with Crippen molar-refractivity contribution in [3.8, 4) is 11.5 Å². The number of carbonyl (C=O) groups excluding carboxylic acids is 1. The molecular formula is C20H25ClN2O3. The molecule has 140 valence electrons. The van der Waals surface area contributed by atoms with E-state index in [0.29, 0.717) is 36.8 Å². The van der Waals surface area contributed by atoms with E-state index in [1.165, 1.54) is 0 Å². The lowest BCUT2D eigenvalue weighted by Gasteiger charge is -2.30. The van der Waals surface area contributed by atoms with Gasteiger partial charge in [0.15, 0.2) is 11.5 Å². The molecule has 1 saturated heterocycles. The largest absolute Gasteiger partial charge is 0.493 e. The van der Waals surface area contributed by atoms with Crippen LogP contribution in [0.25, 0.3) is 0 Å². The predicted octanol–water partition coefficient (Wildman–Crippen LogP) is 3.26. The Morgan fingerprint density at radius 3 is 2.46 bits per heavy atom. The second-order valence-electron chi connectivity index (χ2n) is 6.27. The van der Waals surface area contributed by atoms with Crippen LogP contribution in [-0.2, 0) is 6.61 Å². The van der Waals surface area contributed by atoms with Crippen molar-refractivity contribution in [3.63, 3.8) is 0 Å². The first-order valence-corrected chi connectivity index (χ1v) is 8.57. The summed E-state index contributed by atoms with van der Waals surface area (Å²) in [4.78, 5) is 14.5. The Kier molecular flexibility index (Phi) is 7.30. The maximum Gasteiger partial charge on any atom is 0.253 e. The highest BCUT2D eigenvalue weighted by Gasteiger charge is 2.22. The monoisotopic (exact) mass is 376 g/mol. The zero-order valence-corrected chi connectivity index (χ0v) is 15.7. The summed E-state index contributed by atoms with van der Waals surface area (Å²) in [6.07, 6.45) is 1.70. The third kappa shape index (κ3) is 4.90. The van der Waals surface area contributed by atoms with Gasteiger partial charge in [-0.2, -0.15) is 0 Å². The van der Waals surface area contributed by atoms with Gasteiger partial charge in [-0.1, -0.05) is 30.3 Å². The fourth-order valence-electron chi connectivity index (χ4n) is 2.94. The third-order valence-electron chi connectivity index (χ3n) is 4.47. The molecular weight excluding hydrogens is 352 g/mol. The summed E-state index contributed by atoms with van der Waals surface area (Å²) < 4.78 is 11.3. The van der Waals surface area contributed by atoms with E-state index in [4.69, 9.17) is 15.2 Å². The normalized spacial score (nSPS) is 14.5. The van der Waals surface area contributed by atoms with E-state index in [-0.39, 0.29) is 24.4 Å². The van der Waals surface area contributed by atoms with Crippen molar-refractivity contribution in [2.75, 3.05) is 20.2 Å². The van der Waals surface area contributed by atoms with Crippen LogP contribution in [0.3, 0.4) is 0 Å². The molecule has 6 heteroatoms. The van der Waals surface area contributed by atoms with Crippen molar-refractivity contribution < 1.29 is 14.3 Å². The summed E-state index contributed by atoms with van der Waals surface area (Å²) >= 11 is 0. The van der Waals surface area contributed by atoms with Crippen LogP contribution in [0.1, 0.15) is 28.8 Å². The lowest BCUT2D eigenvalue weighted by Crippen LogP contribution is -2.42. The Labute approximate surface area is 160 Å². The number of piperidine rings is 1. The van der Waals surface area contributed by atoms with Crippen molar-refractivity contribution in [1.82, 2.24) is 4.90 Å². The number of carbonyl (C=O) groups is 1. The van der Waals surface area contributed by atoms with Crippen LogP contribution in [0, 0.1) is 0 Å². The molecule has 3 rings (SSSR count). The van der Waals surface area contributed by atoms with E-state index in [1.807, 2.05) is 35.2 Å². The minimum Gasteiger partial charge on any atom is -0.493 e. The van der Waals surface area contributed by atoms with Crippen LogP contribution in [-0.4, -0.2) is 37.0 Å². The van der Waals surface area contributed by atoms with Gasteiger partial charge in [-0.25, -0.2) is 0 Å². The zero-order valence-electron chi connectivity index (χ0n) is 14.9. The highest BCUT2D eigenvalue weighted by molar-refractivity contribution is 5.95. The zero-order chi connectivity index (χ0) is 17.6. The lowest BCUT2D eigenvalue weighted by molar-refractivity contribution is 0.0714. The van der Waals surface area contributed by atoms with Gasteiger partial charge in [-0.3, -0.25) is 4.79 Å². The first-order valence-electron chi connectivity index (χ1n) is 8.57. The quantitative estimate of drug-likeness (QED) is 0.869. The summed E-state index contributed by atoms with van der Waals surface area (Å²) in [6, 6.07) is 15.5. The summed E-state index contributed by atoms with van der Waals surface area (Å²) in [5.41, 5.74) is 7.60. The van der Waals surface area contributed by atoms with Crippen molar-refractivity contribution in [2.24, 2.45) is 5.73 Å². The number of likely N-dealkylation sites (tertiary alicyclic amines) is 1. The molecule has 1 amide bonds. The highest BCUT2D eigenvalue weighted by atomic mass is 35.5. The Hall–Kier alpha value is -2.24. The average Bonchev–Trinajstić information content (AvgIpc) is 2.67. The van der Waals surface area contributed by atoms with Gasteiger partial charge in [0, 0.05) is 24.7 Å². The van der Waals surface area contributed by atoms with Crippen LogP contribution < -0.4 is 15.2 Å². The fraction of sp³-hybridized carbons (Fsp3) is 0.350. The van der Waals surface area contributed by atoms with Crippen molar-refractivity contribution in [3.05, 3.63) is 59.7 Å². The topological polar surface area (TPSA) is 64.8 Å². The van der Waals surface area contributed by atoms with Gasteiger partial charge in [0.25, 0.3) is 5.91 Å². The molecule has 26 heavy (non-hydrogen) atoms. The smallest absolute Gasteiger partial charge is 0.253 e. The Bertz CT molecular complexity index is 716. The van der Waals surface area contributed by atoms with Crippen LogP contribution in [0.15, 0.2) is 48.5 Å². The Morgan fingerprint density at radius 2 is 1.81 bits per heavy atom. The second kappa shape index (κ2) is 9.46. The minimum absolute atomic E-state index is 0. The first-order chi connectivity index (χ1) is 12.2. The van der Waals surface area contributed by atoms with Gasteiger partial charge in [0.2, 0.25) is 0 Å². The maximum atomic E-state index is 12.7. The summed E-state index contributed by atoms with van der Waals surface area (Å²) in [6.45, 7) is 1.86. The Balaban J connectivity index is 0.00000243. The minimum atomic E-state index is 0. The van der Waals surface area contributed by atoms with E-state index in [1.54, 1.807) is 25.3 Å². The van der Waals surface area contributed by atoms with Gasteiger partial charge in [0.05, 0.1) is 7.11 Å². The number of rotatable bonds is 5. The molecule has 0 unspecified atom stereocenters. The summed E-state index contributed by atoms with van der Waals surface area (Å²) in [5.74, 6) is 1.21. The van der Waals surface area contributed by atoms with E-state index in [2.05, 4.69) is 0 Å². The number of amides is 1. The van der Waals surface area contributed by atoms with E-state index < -0.39 is 0 Å². The number of hydrogen-bond acceptors (Lipinski definition) is 4. The van der Waals surface area contributed by atoms with Crippen LogP contribution in [0.2, 0.25) is 0 Å². The van der Waals surface area contributed by atoms with Crippen molar-refractivity contribution in [1.29, 1.82) is 0 Å². The summed E-state index contributed by atoms with van der Waals surface area (Å²) in [5, 5.41) is 0. The molecule has 0 aromatic heterocycles. The summed E-state index contributed by atoms with van der Waals surface area (Å²) in [7, 11) is 1.58. The molecule has 2 aromatic rings. The van der Waals surface area contributed by atoms with Gasteiger partial charge in [0.1, 0.15) is 6.61 Å². The molecule has 0 spiro atoms. The van der Waals surface area contributed by atoms with E-state index >= 15 is 0 Å². The van der Waals surface area contributed by atoms with Gasteiger partial charge in [-0.05, 0) is 36.6 Å². The van der Waals surface area contributed by atoms with Gasteiger partial charge >= 0.3 is 0 Å². The molecule has 2 N–H and O–H groups in total. The van der Waals surface area contributed by atoms with Crippen LogP contribution in [0.4, 0.5) is 0 Å². The number of hydrogen-bond donors (Lipinski definition) is 1. The molecule has 0 radical (unpaired) electrons. The number of halogens is 1. The fourth-order valence-corrected chi connectivity index (χ4v) is 2.94. The molecule has 1 aliphatic rings. The lowest BCUT2D eigenvalue weighted by atomic mass is 10.0. The SMILES string of the molecule is COc1cc(C(=O)N2CCC(N)CC2)ccc1OCc1ccccc1.Cl. The maximum absolute atomic E-state index is 12.7. The van der Waals surface area contributed by atoms with Crippen molar-refractivity contribution >= 4 is 18.3 Å². The van der Waals surface area contributed by atoms with Gasteiger partial charge < -0.3 is 20.1 Å². The van der Waals surface area contributed by atoms with Crippen molar-refractivity contribution in [2.45, 2.75) is 25.5 Å². The number of nitrogens with two attached hydrogens (primary N) is 1. The molecule has 1 aliphatic heterocycles. The number of benzene rings is 2. The average molecular weight is 377 g/mol. The van der Waals surface area contributed by atoms with E-state index in [0.717, 1.165) is 18.4 Å². The second-order valence-corrected chi connectivity index (χ2v) is 6.27. The number of methoxy groups -OCH3 is 1. The molecule has 0 bridgehead atoms. The van der Waals surface area contributed by atoms with E-state index in [9.17, 15) is 4.79 Å². The molecule has 2 aromatic carbocycles. The number of ether oxygens (including phenoxy) is 2. The predicted molar refractivity (Wildman–Crippen MR) is 104 cm³/mol. The molecule has 5 nitrogen and oxygen atoms in total. The Morgan fingerprint density at radius 1 is 1.12 bits per heavy atom. The molecule has 1 heterocycles. The van der Waals surface area contributed by atoms with Gasteiger partial charge in [-0.15, -0.1) is 12.4 Å². The third-order valence-corrected chi connectivity index (χ3v) is 4.47. The standard InChI is InChI=1S/C20H24N2O3.ClH/c1-24-19-13-16(20(23)22-11-9-17(21)10-12-22)7-8-18(19)25-14-15-5-3-2-4-6-15;/h2-8,13,17H,9-12,14,21H2,1H3;1H. The molecule has 1 fully saturated rings. The highest BCUT2D eigenvalue weighted by Crippen LogP contribution is 2.29. The first kappa shape index (κ1) is 20.1. The van der Waals surface area contributed by atoms with Crippen LogP contribution >= 0.6 is 12.4 Å². The number of nitrogens with zero attached hydrogens (tertiary/aromatic N) is 1. The van der Waals surface area contributed by atoms with Crippen LogP contribution in [0.5, 0.6) is 11.5 Å². The molecule has 0 atom stereocenters. The molecule has 0 aliphatic carbocycles.